The summed E-state index contributed by atoms with van der Waals surface area (Å²) in [6.07, 6.45) is 2.01. The van der Waals surface area contributed by atoms with E-state index in [1.807, 2.05) is 17.8 Å². The average molecular weight is 343 g/mol. The number of hydrogen-bond acceptors (Lipinski definition) is 2. The van der Waals surface area contributed by atoms with Crippen molar-refractivity contribution in [3.63, 3.8) is 0 Å². The highest BCUT2D eigenvalue weighted by molar-refractivity contribution is 7.80. The lowest BCUT2D eigenvalue weighted by molar-refractivity contribution is 0.653. The molecule has 0 atom stereocenters. The Hall–Kier alpha value is -1.30. The second-order valence-electron chi connectivity index (χ2n) is 4.53. The third-order valence-electron chi connectivity index (χ3n) is 2.99. The molecular weight excluding hydrogens is 327 g/mol. The Morgan fingerprint density at radius 2 is 2.14 bits per heavy atom. The molecule has 0 aliphatic carbocycles. The van der Waals surface area contributed by atoms with Crippen molar-refractivity contribution in [3.8, 4) is 0 Å². The van der Waals surface area contributed by atoms with Crippen LogP contribution in [0.5, 0.6) is 0 Å². The van der Waals surface area contributed by atoms with E-state index in [1.165, 1.54) is 0 Å². The van der Waals surface area contributed by atoms with Crippen LogP contribution in [0, 0.1) is 6.92 Å². The quantitative estimate of drug-likeness (QED) is 0.824. The third-order valence-corrected chi connectivity index (χ3v) is 3.78. The molecule has 0 aliphatic rings. The van der Waals surface area contributed by atoms with Crippen LogP contribution in [-0.2, 0) is 13.1 Å². The first kappa shape index (κ1) is 16.1. The lowest BCUT2D eigenvalue weighted by atomic mass is 10.2. The minimum atomic E-state index is 0.503. The number of hydrogen-bond donors (Lipinski definition) is 2. The first-order valence-electron chi connectivity index (χ1n) is 6.52. The van der Waals surface area contributed by atoms with E-state index in [1.54, 1.807) is 18.2 Å². The van der Waals surface area contributed by atoms with Gasteiger partial charge in [-0.1, -0.05) is 23.2 Å². The van der Waals surface area contributed by atoms with Crippen LogP contribution in [0.15, 0.2) is 24.4 Å². The van der Waals surface area contributed by atoms with Gasteiger partial charge < -0.3 is 10.6 Å². The van der Waals surface area contributed by atoms with E-state index < -0.39 is 0 Å². The fourth-order valence-electron chi connectivity index (χ4n) is 1.83. The van der Waals surface area contributed by atoms with Crippen LogP contribution in [0.4, 0.5) is 5.69 Å². The molecule has 0 aliphatic heterocycles. The number of nitrogens with one attached hydrogen (secondary N) is 2. The minimum Gasteiger partial charge on any atom is -0.358 e. The van der Waals surface area contributed by atoms with E-state index in [9.17, 15) is 0 Å². The van der Waals surface area contributed by atoms with E-state index in [4.69, 9.17) is 35.4 Å². The predicted molar refractivity (Wildman–Crippen MR) is 92.2 cm³/mol. The zero-order valence-corrected chi connectivity index (χ0v) is 14.1. The van der Waals surface area contributed by atoms with Crippen molar-refractivity contribution >= 4 is 46.2 Å². The summed E-state index contributed by atoms with van der Waals surface area (Å²) < 4.78 is 1.90. The molecule has 2 aromatic rings. The number of thiocarbonyl (C=S) groups is 1. The predicted octanol–water partition coefficient (Wildman–Crippen LogP) is 4.00. The Morgan fingerprint density at radius 1 is 1.38 bits per heavy atom. The summed E-state index contributed by atoms with van der Waals surface area (Å²) in [6, 6.07) is 5.22. The maximum Gasteiger partial charge on any atom is 0.171 e. The molecule has 0 spiro atoms. The lowest BCUT2D eigenvalue weighted by Gasteiger charge is -2.11. The molecule has 112 valence electrons. The largest absolute Gasteiger partial charge is 0.358 e. The van der Waals surface area contributed by atoms with Crippen LogP contribution in [0.1, 0.15) is 18.2 Å². The molecule has 2 rings (SSSR count). The van der Waals surface area contributed by atoms with Crippen molar-refractivity contribution in [2.75, 3.05) is 5.32 Å². The molecule has 0 saturated carbocycles. The number of halogens is 2. The van der Waals surface area contributed by atoms with E-state index in [0.29, 0.717) is 21.7 Å². The number of aromatic nitrogens is 2. The number of rotatable bonds is 4. The second kappa shape index (κ2) is 7.11. The summed E-state index contributed by atoms with van der Waals surface area (Å²) in [4.78, 5) is 0. The molecule has 0 fully saturated rings. The van der Waals surface area contributed by atoms with Gasteiger partial charge in [-0.05, 0) is 44.3 Å². The van der Waals surface area contributed by atoms with Gasteiger partial charge in [0, 0.05) is 29.9 Å². The van der Waals surface area contributed by atoms with Crippen LogP contribution in [0.3, 0.4) is 0 Å². The van der Waals surface area contributed by atoms with E-state index in [0.717, 1.165) is 23.5 Å². The third kappa shape index (κ3) is 4.33. The van der Waals surface area contributed by atoms with Gasteiger partial charge in [0.05, 0.1) is 16.4 Å². The van der Waals surface area contributed by atoms with Gasteiger partial charge in [0.2, 0.25) is 0 Å². The fraction of sp³-hybridized carbons (Fsp3) is 0.286. The summed E-state index contributed by atoms with van der Waals surface area (Å²) in [5, 5.41) is 12.2. The van der Waals surface area contributed by atoms with E-state index >= 15 is 0 Å². The van der Waals surface area contributed by atoms with E-state index in [-0.39, 0.29) is 0 Å². The summed E-state index contributed by atoms with van der Waals surface area (Å²) in [7, 11) is 0. The zero-order chi connectivity index (χ0) is 15.4. The molecule has 1 aromatic heterocycles. The monoisotopic (exact) mass is 342 g/mol. The maximum absolute atomic E-state index is 6.09. The minimum absolute atomic E-state index is 0.503. The summed E-state index contributed by atoms with van der Waals surface area (Å²) >= 11 is 17.2. The SMILES string of the molecule is CCn1cc(CNC(=S)Nc2ccc(Cl)cc2Cl)c(C)n1. The molecule has 1 aromatic carbocycles. The van der Waals surface area contributed by atoms with Gasteiger partial charge in [-0.2, -0.15) is 5.10 Å². The Balaban J connectivity index is 1.94. The Labute approximate surface area is 139 Å². The number of aryl methyl sites for hydroxylation is 2. The highest BCUT2D eigenvalue weighted by Gasteiger charge is 2.06. The first-order valence-corrected chi connectivity index (χ1v) is 7.69. The van der Waals surface area contributed by atoms with Crippen LogP contribution in [0.25, 0.3) is 0 Å². The number of anilines is 1. The molecular formula is C14H16Cl2N4S. The van der Waals surface area contributed by atoms with Crippen molar-refractivity contribution in [1.82, 2.24) is 15.1 Å². The molecule has 0 unspecified atom stereocenters. The van der Waals surface area contributed by atoms with Crippen LogP contribution < -0.4 is 10.6 Å². The number of nitrogens with zero attached hydrogens (tertiary/aromatic N) is 2. The molecule has 7 heteroatoms. The molecule has 21 heavy (non-hydrogen) atoms. The van der Waals surface area contributed by atoms with Crippen molar-refractivity contribution in [1.29, 1.82) is 0 Å². The fourth-order valence-corrected chi connectivity index (χ4v) is 2.47. The van der Waals surface area contributed by atoms with Crippen LogP contribution in [-0.4, -0.2) is 14.9 Å². The molecule has 0 saturated heterocycles. The maximum atomic E-state index is 6.09. The van der Waals surface area contributed by atoms with Gasteiger partial charge in [-0.15, -0.1) is 0 Å². The second-order valence-corrected chi connectivity index (χ2v) is 5.78. The molecule has 4 nitrogen and oxygen atoms in total. The zero-order valence-electron chi connectivity index (χ0n) is 11.8. The Bertz CT molecular complexity index is 654. The van der Waals surface area contributed by atoms with E-state index in [2.05, 4.69) is 22.7 Å². The molecule has 0 radical (unpaired) electrons. The summed E-state index contributed by atoms with van der Waals surface area (Å²) in [6.45, 7) is 5.50. The molecule has 1 heterocycles. The van der Waals surface area contributed by atoms with Crippen molar-refractivity contribution in [2.45, 2.75) is 26.9 Å². The Morgan fingerprint density at radius 3 is 2.76 bits per heavy atom. The van der Waals surface area contributed by atoms with Crippen LogP contribution >= 0.6 is 35.4 Å². The van der Waals surface area contributed by atoms with Crippen molar-refractivity contribution in [3.05, 3.63) is 45.7 Å². The van der Waals surface area contributed by atoms with Crippen LogP contribution in [0.2, 0.25) is 10.0 Å². The topological polar surface area (TPSA) is 41.9 Å². The van der Waals surface area contributed by atoms with Gasteiger partial charge >= 0.3 is 0 Å². The molecule has 0 bridgehead atoms. The van der Waals surface area contributed by atoms with Crippen molar-refractivity contribution in [2.24, 2.45) is 0 Å². The summed E-state index contributed by atoms with van der Waals surface area (Å²) in [5.41, 5.74) is 2.83. The highest BCUT2D eigenvalue weighted by Crippen LogP contribution is 2.25. The average Bonchev–Trinajstić information content (AvgIpc) is 2.80. The van der Waals surface area contributed by atoms with Gasteiger partial charge in [-0.25, -0.2) is 0 Å². The normalized spacial score (nSPS) is 10.5. The smallest absolute Gasteiger partial charge is 0.171 e. The lowest BCUT2D eigenvalue weighted by Crippen LogP contribution is -2.28. The molecule has 2 N–H and O–H groups in total. The van der Waals surface area contributed by atoms with Gasteiger partial charge in [0.15, 0.2) is 5.11 Å². The van der Waals surface area contributed by atoms with Crippen molar-refractivity contribution < 1.29 is 0 Å². The molecule has 0 amide bonds. The van der Waals surface area contributed by atoms with Gasteiger partial charge in [-0.3, -0.25) is 4.68 Å². The summed E-state index contributed by atoms with van der Waals surface area (Å²) in [5.74, 6) is 0. The highest BCUT2D eigenvalue weighted by atomic mass is 35.5. The van der Waals surface area contributed by atoms with Gasteiger partial charge in [0.25, 0.3) is 0 Å². The number of benzene rings is 1. The Kier molecular flexibility index (Phi) is 5.45. The van der Waals surface area contributed by atoms with Gasteiger partial charge in [0.1, 0.15) is 0 Å². The first-order chi connectivity index (χ1) is 9.99. The standard InChI is InChI=1S/C14H16Cl2N4S/c1-3-20-8-10(9(2)19-20)7-17-14(21)18-13-5-4-11(15)6-12(13)16/h4-6,8H,3,7H2,1-2H3,(H2,17,18,21).